The van der Waals surface area contributed by atoms with E-state index in [2.05, 4.69) is 32.8 Å². The van der Waals surface area contributed by atoms with E-state index in [1.165, 1.54) is 24.8 Å². The molecule has 3 rings (SSSR count). The molecular weight excluding hydrogens is 302 g/mol. The van der Waals surface area contributed by atoms with Crippen molar-refractivity contribution in [3.63, 3.8) is 0 Å². The molecule has 1 aliphatic heterocycles. The van der Waals surface area contributed by atoms with Gasteiger partial charge in [-0.15, -0.1) is 0 Å². The molecular formula is C20H31NO3. The first-order valence-corrected chi connectivity index (χ1v) is 9.28. The molecule has 4 nitrogen and oxygen atoms in total. The highest BCUT2D eigenvalue weighted by Gasteiger charge is 2.50. The summed E-state index contributed by atoms with van der Waals surface area (Å²) in [5.41, 5.74) is 1.97. The molecule has 134 valence electrons. The second-order valence-electron chi connectivity index (χ2n) is 8.16. The van der Waals surface area contributed by atoms with Gasteiger partial charge in [0.15, 0.2) is 0 Å². The van der Waals surface area contributed by atoms with Crippen LogP contribution in [0.25, 0.3) is 0 Å². The number of esters is 1. The van der Waals surface area contributed by atoms with E-state index in [0.29, 0.717) is 29.4 Å². The summed E-state index contributed by atoms with van der Waals surface area (Å²) in [6.07, 6.45) is 6.59. The van der Waals surface area contributed by atoms with Gasteiger partial charge in [-0.05, 0) is 62.3 Å². The minimum absolute atomic E-state index is 0.0943. The Hall–Kier alpha value is -1.13. The number of hydrogen-bond acceptors (Lipinski definition) is 4. The minimum Gasteiger partial charge on any atom is -0.459 e. The molecule has 6 atom stereocenters. The van der Waals surface area contributed by atoms with Crippen molar-refractivity contribution in [3.05, 3.63) is 23.8 Å². The summed E-state index contributed by atoms with van der Waals surface area (Å²) in [5, 5.41) is 13.4. The van der Waals surface area contributed by atoms with Crippen molar-refractivity contribution in [1.82, 2.24) is 5.32 Å². The van der Waals surface area contributed by atoms with Crippen LogP contribution in [-0.2, 0) is 9.53 Å². The summed E-state index contributed by atoms with van der Waals surface area (Å²) in [5.74, 6) is 1.35. The normalized spacial score (nSPS) is 44.5. The smallest absolute Gasteiger partial charge is 0.336 e. The number of aliphatic hydroxyl groups is 1. The fraction of sp³-hybridized carbons (Fsp3) is 0.750. The summed E-state index contributed by atoms with van der Waals surface area (Å²) in [4.78, 5) is 11.8. The van der Waals surface area contributed by atoms with E-state index in [4.69, 9.17) is 4.74 Å². The Kier molecular flexibility index (Phi) is 4.89. The molecule has 4 heteroatoms. The number of carbonyl (C=O) groups excluding carboxylic acids is 1. The van der Waals surface area contributed by atoms with Gasteiger partial charge in [0.25, 0.3) is 0 Å². The summed E-state index contributed by atoms with van der Waals surface area (Å²) in [7, 11) is 2.07. The third-order valence-corrected chi connectivity index (χ3v) is 7.09. The lowest BCUT2D eigenvalue weighted by atomic mass is 9.50. The van der Waals surface area contributed by atoms with E-state index >= 15 is 0 Å². The minimum atomic E-state index is -0.767. The highest BCUT2D eigenvalue weighted by molar-refractivity contribution is 5.91. The van der Waals surface area contributed by atoms with Crippen LogP contribution in [0.2, 0.25) is 0 Å². The first kappa shape index (κ1) is 17.7. The number of ether oxygens (including phenoxy) is 1. The molecule has 2 N–H and O–H groups in total. The first-order chi connectivity index (χ1) is 11.4. The molecule has 0 aromatic rings. The summed E-state index contributed by atoms with van der Waals surface area (Å²) in [6.45, 7) is 9.24. The number of carbonyl (C=O) groups is 1. The molecule has 1 unspecified atom stereocenters. The van der Waals surface area contributed by atoms with Crippen molar-refractivity contribution < 1.29 is 14.6 Å². The van der Waals surface area contributed by atoms with Crippen molar-refractivity contribution in [1.29, 1.82) is 0 Å². The zero-order valence-electron chi connectivity index (χ0n) is 15.2. The summed E-state index contributed by atoms with van der Waals surface area (Å²) in [6, 6.07) is 0.597. The lowest BCUT2D eigenvalue weighted by Gasteiger charge is -2.56. The molecule has 2 aliphatic carbocycles. The average molecular weight is 333 g/mol. The Morgan fingerprint density at radius 2 is 2.21 bits per heavy atom. The molecule has 0 aromatic carbocycles. The van der Waals surface area contributed by atoms with Crippen LogP contribution in [0.3, 0.4) is 0 Å². The number of hydrogen-bond donors (Lipinski definition) is 2. The van der Waals surface area contributed by atoms with E-state index in [-0.39, 0.29) is 18.0 Å². The maximum atomic E-state index is 11.8. The van der Waals surface area contributed by atoms with E-state index < -0.39 is 6.10 Å². The number of cyclic esters (lactones) is 1. The lowest BCUT2D eigenvalue weighted by molar-refractivity contribution is -0.135. The Labute approximate surface area is 145 Å². The van der Waals surface area contributed by atoms with Gasteiger partial charge in [-0.2, -0.15) is 0 Å². The number of fused-ring (bicyclic) bond motifs is 1. The monoisotopic (exact) mass is 333 g/mol. The van der Waals surface area contributed by atoms with Crippen molar-refractivity contribution in [2.24, 2.45) is 23.2 Å². The van der Waals surface area contributed by atoms with E-state index in [0.717, 1.165) is 12.8 Å². The lowest BCUT2D eigenvalue weighted by Crippen LogP contribution is -2.52. The number of allylic oxidation sites excluding steroid dienone is 2. The number of nitrogens with one attached hydrogen (secondary N) is 1. The SMILES string of the molecule is C=C1CC[C@@H]2[C@@H](C)C(NC)CC[C@@]2(C)[C@@H]1CC=C1C(=O)OC[C@H]1O. The fourth-order valence-electron chi connectivity index (χ4n) is 5.57. The number of aliphatic hydroxyl groups excluding tert-OH is 1. The first-order valence-electron chi connectivity index (χ1n) is 9.28. The molecule has 2 saturated carbocycles. The maximum absolute atomic E-state index is 11.8. The van der Waals surface area contributed by atoms with Crippen molar-refractivity contribution in [2.75, 3.05) is 13.7 Å². The van der Waals surface area contributed by atoms with Crippen LogP contribution in [0.15, 0.2) is 23.8 Å². The molecule has 0 bridgehead atoms. The Bertz CT molecular complexity index is 555. The van der Waals surface area contributed by atoms with Gasteiger partial charge in [0.05, 0.1) is 5.57 Å². The van der Waals surface area contributed by atoms with Gasteiger partial charge in [-0.1, -0.05) is 32.1 Å². The highest BCUT2D eigenvalue weighted by atomic mass is 16.6. The van der Waals surface area contributed by atoms with Gasteiger partial charge in [0.2, 0.25) is 0 Å². The molecule has 0 radical (unpaired) electrons. The second kappa shape index (κ2) is 6.64. The Morgan fingerprint density at radius 3 is 2.83 bits per heavy atom. The number of rotatable bonds is 3. The van der Waals surface area contributed by atoms with Gasteiger partial charge in [0, 0.05) is 6.04 Å². The molecule has 0 aromatic heterocycles. The van der Waals surface area contributed by atoms with Crippen LogP contribution < -0.4 is 5.32 Å². The molecule has 0 spiro atoms. The molecule has 3 fully saturated rings. The molecule has 1 saturated heterocycles. The zero-order valence-corrected chi connectivity index (χ0v) is 15.2. The fourth-order valence-corrected chi connectivity index (χ4v) is 5.57. The molecule has 3 aliphatic rings. The van der Waals surface area contributed by atoms with Crippen LogP contribution in [-0.4, -0.2) is 36.9 Å². The van der Waals surface area contributed by atoms with Gasteiger partial charge >= 0.3 is 5.97 Å². The molecule has 0 amide bonds. The van der Waals surface area contributed by atoms with Crippen molar-refractivity contribution in [2.45, 2.75) is 58.1 Å². The Balaban J connectivity index is 1.82. The van der Waals surface area contributed by atoms with Gasteiger partial charge in [0.1, 0.15) is 12.7 Å². The largest absolute Gasteiger partial charge is 0.459 e. The van der Waals surface area contributed by atoms with E-state index in [1.807, 2.05) is 6.08 Å². The van der Waals surface area contributed by atoms with E-state index in [1.54, 1.807) is 0 Å². The third-order valence-electron chi connectivity index (χ3n) is 7.09. The second-order valence-corrected chi connectivity index (χ2v) is 8.16. The van der Waals surface area contributed by atoms with E-state index in [9.17, 15) is 9.90 Å². The standard InChI is InChI=1S/C20H31NO3/c1-12-5-7-16-13(2)17(21-4)9-10-20(16,3)15(12)8-6-14-18(22)11-24-19(14)23/h6,13,15-18,21-22H,1,5,7-11H2,2-4H3/t13-,15-,16-,17?,18-,20+/m1/s1. The molecule has 1 heterocycles. The van der Waals surface area contributed by atoms with Crippen LogP contribution >= 0.6 is 0 Å². The zero-order chi connectivity index (χ0) is 17.5. The summed E-state index contributed by atoms with van der Waals surface area (Å²) >= 11 is 0. The topological polar surface area (TPSA) is 58.6 Å². The van der Waals surface area contributed by atoms with Gasteiger partial charge < -0.3 is 15.2 Å². The van der Waals surface area contributed by atoms with Gasteiger partial charge in [-0.3, -0.25) is 0 Å². The predicted molar refractivity (Wildman–Crippen MR) is 94.4 cm³/mol. The Morgan fingerprint density at radius 1 is 1.46 bits per heavy atom. The highest BCUT2D eigenvalue weighted by Crippen LogP contribution is 2.57. The predicted octanol–water partition coefficient (Wildman–Crippen LogP) is 2.83. The molecule has 24 heavy (non-hydrogen) atoms. The quantitative estimate of drug-likeness (QED) is 0.474. The third kappa shape index (κ3) is 2.84. The average Bonchev–Trinajstić information content (AvgIpc) is 2.86. The maximum Gasteiger partial charge on any atom is 0.336 e. The van der Waals surface area contributed by atoms with Crippen LogP contribution in [0.4, 0.5) is 0 Å². The van der Waals surface area contributed by atoms with Crippen LogP contribution in [0, 0.1) is 23.2 Å². The van der Waals surface area contributed by atoms with Crippen LogP contribution in [0.5, 0.6) is 0 Å². The summed E-state index contributed by atoms with van der Waals surface area (Å²) < 4.78 is 4.93. The van der Waals surface area contributed by atoms with Crippen LogP contribution in [0.1, 0.15) is 46.0 Å². The van der Waals surface area contributed by atoms with Gasteiger partial charge in [-0.25, -0.2) is 4.79 Å². The van der Waals surface area contributed by atoms with Crippen molar-refractivity contribution >= 4 is 5.97 Å². The van der Waals surface area contributed by atoms with Crippen molar-refractivity contribution in [3.8, 4) is 0 Å².